The van der Waals surface area contributed by atoms with Crippen molar-refractivity contribution in [1.82, 2.24) is 0 Å². The SMILES string of the molecule is CCC(C)(CC)CCc1ccc2c(c1)Cc1cc(CC3=CC(C)CC=C3)ccc1S2. The monoisotopic (exact) mass is 416 g/mol. The van der Waals surface area contributed by atoms with Crippen LogP contribution in [-0.4, -0.2) is 0 Å². The molecule has 0 bridgehead atoms. The number of aryl methyl sites for hydroxylation is 1. The average molecular weight is 417 g/mol. The lowest BCUT2D eigenvalue weighted by Gasteiger charge is -2.27. The van der Waals surface area contributed by atoms with Crippen LogP contribution in [0.3, 0.4) is 0 Å². The van der Waals surface area contributed by atoms with Gasteiger partial charge in [0.15, 0.2) is 0 Å². The summed E-state index contributed by atoms with van der Waals surface area (Å²) >= 11 is 1.95. The molecule has 2 aromatic carbocycles. The fraction of sp³-hybridized carbons (Fsp3) is 0.448. The van der Waals surface area contributed by atoms with E-state index in [1.54, 1.807) is 0 Å². The highest BCUT2D eigenvalue weighted by Gasteiger charge is 2.21. The molecule has 1 heterocycles. The highest BCUT2D eigenvalue weighted by atomic mass is 32.2. The molecule has 0 spiro atoms. The number of benzene rings is 2. The van der Waals surface area contributed by atoms with Crippen LogP contribution in [0.2, 0.25) is 0 Å². The molecule has 1 unspecified atom stereocenters. The molecule has 2 aromatic rings. The Morgan fingerprint density at radius 3 is 2.30 bits per heavy atom. The molecule has 0 saturated heterocycles. The van der Waals surface area contributed by atoms with E-state index in [2.05, 4.69) is 82.3 Å². The van der Waals surface area contributed by atoms with E-state index in [-0.39, 0.29) is 0 Å². The molecular weight excluding hydrogens is 380 g/mol. The van der Waals surface area contributed by atoms with Crippen LogP contribution < -0.4 is 0 Å². The van der Waals surface area contributed by atoms with E-state index in [0.29, 0.717) is 11.3 Å². The average Bonchev–Trinajstić information content (AvgIpc) is 2.76. The van der Waals surface area contributed by atoms with Crippen molar-refractivity contribution in [3.63, 3.8) is 0 Å². The summed E-state index contributed by atoms with van der Waals surface area (Å²) in [4.78, 5) is 2.88. The number of rotatable bonds is 7. The van der Waals surface area contributed by atoms with Crippen molar-refractivity contribution >= 4 is 11.8 Å². The lowest BCUT2D eigenvalue weighted by Crippen LogP contribution is -2.14. The molecule has 30 heavy (non-hydrogen) atoms. The Balaban J connectivity index is 1.48. The van der Waals surface area contributed by atoms with Crippen LogP contribution in [0.15, 0.2) is 70.0 Å². The topological polar surface area (TPSA) is 0 Å². The second-order valence-corrected chi connectivity index (χ2v) is 10.8. The smallest absolute Gasteiger partial charge is 0.0158 e. The maximum absolute atomic E-state index is 2.48. The number of allylic oxidation sites excluding steroid dienone is 4. The van der Waals surface area contributed by atoms with E-state index in [0.717, 1.165) is 12.8 Å². The molecule has 4 rings (SSSR count). The van der Waals surface area contributed by atoms with Crippen molar-refractivity contribution in [2.24, 2.45) is 11.3 Å². The van der Waals surface area contributed by atoms with Gasteiger partial charge in [0, 0.05) is 9.79 Å². The highest BCUT2D eigenvalue weighted by Crippen LogP contribution is 2.41. The van der Waals surface area contributed by atoms with Crippen molar-refractivity contribution < 1.29 is 0 Å². The minimum Gasteiger partial charge on any atom is -0.0895 e. The summed E-state index contributed by atoms with van der Waals surface area (Å²) in [5.74, 6) is 0.672. The summed E-state index contributed by atoms with van der Waals surface area (Å²) in [6, 6.07) is 14.3. The number of hydrogen-bond donors (Lipinski definition) is 0. The first-order valence-electron chi connectivity index (χ1n) is 11.8. The molecule has 1 atom stereocenters. The first-order valence-corrected chi connectivity index (χ1v) is 12.6. The van der Waals surface area contributed by atoms with E-state index in [1.165, 1.54) is 69.7 Å². The third-order valence-corrected chi connectivity index (χ3v) is 8.56. The Kier molecular flexibility index (Phi) is 6.58. The van der Waals surface area contributed by atoms with Gasteiger partial charge in [0.1, 0.15) is 0 Å². The zero-order valence-electron chi connectivity index (χ0n) is 19.1. The summed E-state index contributed by atoms with van der Waals surface area (Å²) in [5, 5.41) is 0. The van der Waals surface area contributed by atoms with E-state index in [9.17, 15) is 0 Å². The van der Waals surface area contributed by atoms with Crippen molar-refractivity contribution in [1.29, 1.82) is 0 Å². The number of fused-ring (bicyclic) bond motifs is 2. The van der Waals surface area contributed by atoms with Gasteiger partial charge in [0.25, 0.3) is 0 Å². The zero-order valence-corrected chi connectivity index (χ0v) is 19.9. The molecule has 1 aliphatic carbocycles. The summed E-state index contributed by atoms with van der Waals surface area (Å²) < 4.78 is 0. The summed E-state index contributed by atoms with van der Waals surface area (Å²) in [7, 11) is 0. The van der Waals surface area contributed by atoms with Crippen molar-refractivity contribution in [3.05, 3.63) is 82.5 Å². The molecule has 0 saturated carbocycles. The summed E-state index contributed by atoms with van der Waals surface area (Å²) in [6.45, 7) is 9.42. The maximum Gasteiger partial charge on any atom is 0.0158 e. The minimum absolute atomic E-state index is 0.478. The maximum atomic E-state index is 2.48. The van der Waals surface area contributed by atoms with Gasteiger partial charge in [-0.25, -0.2) is 0 Å². The second kappa shape index (κ2) is 9.18. The Bertz CT molecular complexity index is 958. The van der Waals surface area contributed by atoms with Crippen molar-refractivity contribution in [2.45, 2.75) is 82.4 Å². The van der Waals surface area contributed by atoms with Crippen molar-refractivity contribution in [3.8, 4) is 0 Å². The van der Waals surface area contributed by atoms with Crippen molar-refractivity contribution in [2.75, 3.05) is 0 Å². The van der Waals surface area contributed by atoms with Gasteiger partial charge in [-0.3, -0.25) is 0 Å². The van der Waals surface area contributed by atoms with E-state index in [1.807, 2.05) is 11.8 Å². The first kappa shape index (κ1) is 21.5. The minimum atomic E-state index is 0.478. The second-order valence-electron chi connectivity index (χ2n) is 9.71. The summed E-state index contributed by atoms with van der Waals surface area (Å²) in [5.41, 5.74) is 7.92. The molecule has 158 valence electrons. The highest BCUT2D eigenvalue weighted by molar-refractivity contribution is 7.99. The predicted octanol–water partition coefficient (Wildman–Crippen LogP) is 8.57. The quantitative estimate of drug-likeness (QED) is 0.372. The van der Waals surface area contributed by atoms with Gasteiger partial charge < -0.3 is 0 Å². The van der Waals surface area contributed by atoms with Gasteiger partial charge in [-0.15, -0.1) is 0 Å². The van der Waals surface area contributed by atoms with Crippen LogP contribution in [-0.2, 0) is 19.3 Å². The molecular formula is C29H36S. The van der Waals surface area contributed by atoms with Crippen LogP contribution in [0.1, 0.15) is 75.6 Å². The molecule has 2 aliphatic rings. The molecule has 0 fully saturated rings. The van der Waals surface area contributed by atoms with Crippen LogP contribution in [0.4, 0.5) is 0 Å². The van der Waals surface area contributed by atoms with Gasteiger partial charge >= 0.3 is 0 Å². The zero-order chi connectivity index (χ0) is 21.1. The Labute approximate surface area is 187 Å². The standard InChI is InChI=1S/C29H36S/c1-5-29(4,6-2)15-14-22-10-12-27-25(18-22)20-26-19-24(11-13-28(26)30-27)17-23-9-7-8-21(3)16-23/h7,9-13,16,18-19,21H,5-6,8,14-15,17,20H2,1-4H3. The Hall–Kier alpha value is -1.73. The van der Waals surface area contributed by atoms with Crippen LogP contribution in [0.5, 0.6) is 0 Å². The molecule has 0 radical (unpaired) electrons. The predicted molar refractivity (Wildman–Crippen MR) is 132 cm³/mol. The molecule has 1 aliphatic heterocycles. The van der Waals surface area contributed by atoms with Gasteiger partial charge in [0.05, 0.1) is 0 Å². The lowest BCUT2D eigenvalue weighted by molar-refractivity contribution is 0.273. The summed E-state index contributed by atoms with van der Waals surface area (Å²) in [6.07, 6.45) is 15.4. The van der Waals surface area contributed by atoms with Gasteiger partial charge in [-0.1, -0.05) is 94.8 Å². The normalized spacial score (nSPS) is 18.0. The van der Waals surface area contributed by atoms with Gasteiger partial charge in [-0.05, 0) is 83.4 Å². The van der Waals surface area contributed by atoms with Crippen LogP contribution in [0, 0.1) is 11.3 Å². The van der Waals surface area contributed by atoms with Gasteiger partial charge in [0.2, 0.25) is 0 Å². The van der Waals surface area contributed by atoms with Crippen LogP contribution in [0.25, 0.3) is 0 Å². The first-order chi connectivity index (χ1) is 14.5. The Morgan fingerprint density at radius 1 is 0.967 bits per heavy atom. The Morgan fingerprint density at radius 2 is 1.63 bits per heavy atom. The number of hydrogen-bond acceptors (Lipinski definition) is 1. The van der Waals surface area contributed by atoms with E-state index >= 15 is 0 Å². The molecule has 0 N–H and O–H groups in total. The molecule has 0 aromatic heterocycles. The van der Waals surface area contributed by atoms with E-state index in [4.69, 9.17) is 0 Å². The largest absolute Gasteiger partial charge is 0.0895 e. The van der Waals surface area contributed by atoms with Crippen LogP contribution >= 0.6 is 11.8 Å². The third-order valence-electron chi connectivity index (χ3n) is 7.32. The van der Waals surface area contributed by atoms with Gasteiger partial charge in [-0.2, -0.15) is 0 Å². The van der Waals surface area contributed by atoms with E-state index < -0.39 is 0 Å². The lowest BCUT2D eigenvalue weighted by atomic mass is 9.79. The third kappa shape index (κ3) is 4.94. The molecule has 1 heteroatoms. The molecule has 0 nitrogen and oxygen atoms in total. The fourth-order valence-electron chi connectivity index (χ4n) is 4.66. The molecule has 0 amide bonds. The fourth-order valence-corrected chi connectivity index (χ4v) is 5.69.